The molecule has 0 aliphatic carbocycles. The minimum Gasteiger partial charge on any atom is -0.356 e. The van der Waals surface area contributed by atoms with Crippen LogP contribution in [0, 0.1) is 13.8 Å². The summed E-state index contributed by atoms with van der Waals surface area (Å²) in [6.45, 7) is 7.11. The van der Waals surface area contributed by atoms with Crippen LogP contribution in [0.1, 0.15) is 29.4 Å². The van der Waals surface area contributed by atoms with Gasteiger partial charge in [0.15, 0.2) is 5.96 Å². The molecule has 0 saturated carbocycles. The number of aliphatic imine (C=N–C) groups is 1. The first-order valence-electron chi connectivity index (χ1n) is 8.62. The van der Waals surface area contributed by atoms with Crippen LogP contribution in [0.15, 0.2) is 29.3 Å². The second kappa shape index (κ2) is 10.8. The van der Waals surface area contributed by atoms with Crippen LogP contribution in [-0.4, -0.2) is 35.4 Å². The van der Waals surface area contributed by atoms with E-state index in [2.05, 4.69) is 47.6 Å². The molecule has 2 rings (SSSR count). The molecule has 144 valence electrons. The van der Waals surface area contributed by atoms with Gasteiger partial charge in [-0.1, -0.05) is 29.8 Å². The van der Waals surface area contributed by atoms with E-state index in [0.29, 0.717) is 0 Å². The number of aromatic nitrogens is 2. The maximum atomic E-state index is 6.20. The SMILES string of the molecule is CN=C(NCCc1ccccc1Cl)NC(C)Cc1c(C)nn(C)c1C.I. The van der Waals surface area contributed by atoms with Gasteiger partial charge in [0.25, 0.3) is 0 Å². The Balaban J connectivity index is 0.00000338. The fraction of sp³-hybridized carbons (Fsp3) is 0.474. The third-order valence-corrected chi connectivity index (χ3v) is 4.79. The molecule has 0 bridgehead atoms. The topological polar surface area (TPSA) is 54.2 Å². The van der Waals surface area contributed by atoms with Crippen molar-refractivity contribution in [3.05, 3.63) is 51.8 Å². The molecule has 1 heterocycles. The third kappa shape index (κ3) is 6.16. The van der Waals surface area contributed by atoms with Crippen molar-refractivity contribution in [3.8, 4) is 0 Å². The molecule has 2 aromatic rings. The minimum absolute atomic E-state index is 0. The lowest BCUT2D eigenvalue weighted by molar-refractivity contribution is 0.635. The Bertz CT molecular complexity index is 742. The van der Waals surface area contributed by atoms with E-state index in [1.807, 2.05) is 29.9 Å². The van der Waals surface area contributed by atoms with E-state index in [4.69, 9.17) is 11.6 Å². The summed E-state index contributed by atoms with van der Waals surface area (Å²) < 4.78 is 1.94. The lowest BCUT2D eigenvalue weighted by atomic mass is 10.1. The summed E-state index contributed by atoms with van der Waals surface area (Å²) in [6.07, 6.45) is 1.77. The Hall–Kier alpha value is -1.28. The van der Waals surface area contributed by atoms with Gasteiger partial charge >= 0.3 is 0 Å². The van der Waals surface area contributed by atoms with Gasteiger partial charge in [0.1, 0.15) is 0 Å². The average molecular weight is 490 g/mol. The summed E-state index contributed by atoms with van der Waals surface area (Å²) in [4.78, 5) is 4.31. The molecule has 5 nitrogen and oxygen atoms in total. The standard InChI is InChI=1S/C19H28ClN5.HI/c1-13(12-17-14(2)24-25(5)15(17)3)23-19(21-4)22-11-10-16-8-6-7-9-18(16)20;/h6-9,13H,10-12H2,1-5H3,(H2,21,22,23);1H. The van der Waals surface area contributed by atoms with Gasteiger partial charge in [-0.25, -0.2) is 0 Å². The Morgan fingerprint density at radius 2 is 2.00 bits per heavy atom. The molecular weight excluding hydrogens is 461 g/mol. The van der Waals surface area contributed by atoms with Crippen LogP contribution in [0.4, 0.5) is 0 Å². The molecule has 0 fully saturated rings. The van der Waals surface area contributed by atoms with E-state index < -0.39 is 0 Å². The lowest BCUT2D eigenvalue weighted by Crippen LogP contribution is -2.43. The highest BCUT2D eigenvalue weighted by Gasteiger charge is 2.14. The monoisotopic (exact) mass is 489 g/mol. The number of hydrogen-bond donors (Lipinski definition) is 2. The second-order valence-corrected chi connectivity index (χ2v) is 6.77. The van der Waals surface area contributed by atoms with Crippen molar-refractivity contribution < 1.29 is 0 Å². The predicted molar refractivity (Wildman–Crippen MR) is 121 cm³/mol. The van der Waals surface area contributed by atoms with Crippen LogP contribution >= 0.6 is 35.6 Å². The number of nitrogens with one attached hydrogen (secondary N) is 2. The highest BCUT2D eigenvalue weighted by Crippen LogP contribution is 2.15. The van der Waals surface area contributed by atoms with Crippen LogP contribution in [0.25, 0.3) is 0 Å². The molecule has 0 saturated heterocycles. The van der Waals surface area contributed by atoms with Crippen molar-refractivity contribution in [2.24, 2.45) is 12.0 Å². The van der Waals surface area contributed by atoms with Crippen LogP contribution < -0.4 is 10.6 Å². The minimum atomic E-state index is 0. The second-order valence-electron chi connectivity index (χ2n) is 6.36. The number of nitrogens with zero attached hydrogens (tertiary/aromatic N) is 3. The van der Waals surface area contributed by atoms with E-state index in [1.54, 1.807) is 7.05 Å². The van der Waals surface area contributed by atoms with E-state index in [1.165, 1.54) is 11.3 Å². The Labute approximate surface area is 178 Å². The van der Waals surface area contributed by atoms with Crippen molar-refractivity contribution in [2.75, 3.05) is 13.6 Å². The van der Waals surface area contributed by atoms with Crippen LogP contribution in [-0.2, 0) is 19.9 Å². The summed E-state index contributed by atoms with van der Waals surface area (Å²) in [6, 6.07) is 8.19. The van der Waals surface area contributed by atoms with Crippen molar-refractivity contribution in [3.63, 3.8) is 0 Å². The smallest absolute Gasteiger partial charge is 0.191 e. The fourth-order valence-electron chi connectivity index (χ4n) is 2.91. The summed E-state index contributed by atoms with van der Waals surface area (Å²) in [5.41, 5.74) is 4.75. The molecule has 26 heavy (non-hydrogen) atoms. The summed E-state index contributed by atoms with van der Waals surface area (Å²) in [5.74, 6) is 0.804. The number of halogens is 2. The normalized spacial score (nSPS) is 12.5. The van der Waals surface area contributed by atoms with Gasteiger partial charge in [-0.05, 0) is 50.8 Å². The van der Waals surface area contributed by atoms with Crippen LogP contribution in [0.3, 0.4) is 0 Å². The van der Waals surface area contributed by atoms with Gasteiger partial charge < -0.3 is 10.6 Å². The molecule has 7 heteroatoms. The first-order chi connectivity index (χ1) is 11.9. The zero-order valence-electron chi connectivity index (χ0n) is 16.1. The van der Waals surface area contributed by atoms with Gasteiger partial charge in [0, 0.05) is 37.4 Å². The molecule has 0 spiro atoms. The molecule has 0 amide bonds. The quantitative estimate of drug-likeness (QED) is 0.370. The van der Waals surface area contributed by atoms with Crippen molar-refractivity contribution in [1.82, 2.24) is 20.4 Å². The third-order valence-electron chi connectivity index (χ3n) is 4.42. The summed E-state index contributed by atoms with van der Waals surface area (Å²) in [7, 11) is 3.78. The van der Waals surface area contributed by atoms with Gasteiger partial charge in [-0.2, -0.15) is 5.10 Å². The van der Waals surface area contributed by atoms with Crippen molar-refractivity contribution >= 4 is 41.5 Å². The molecular formula is C19H29ClIN5. The van der Waals surface area contributed by atoms with Gasteiger partial charge in [-0.15, -0.1) is 24.0 Å². The number of guanidine groups is 1. The lowest BCUT2D eigenvalue weighted by Gasteiger charge is -2.18. The first kappa shape index (κ1) is 22.8. The molecule has 0 radical (unpaired) electrons. The molecule has 1 aromatic heterocycles. The first-order valence-corrected chi connectivity index (χ1v) is 8.99. The fourth-order valence-corrected chi connectivity index (χ4v) is 3.15. The Morgan fingerprint density at radius 3 is 2.58 bits per heavy atom. The summed E-state index contributed by atoms with van der Waals surface area (Å²) >= 11 is 6.20. The summed E-state index contributed by atoms with van der Waals surface area (Å²) in [5, 5.41) is 12.1. The zero-order chi connectivity index (χ0) is 18.4. The van der Waals surface area contributed by atoms with Gasteiger partial charge in [-0.3, -0.25) is 9.67 Å². The highest BCUT2D eigenvalue weighted by molar-refractivity contribution is 14.0. The molecule has 0 aliphatic rings. The highest BCUT2D eigenvalue weighted by atomic mass is 127. The molecule has 1 atom stereocenters. The molecule has 2 N–H and O–H groups in total. The number of benzene rings is 1. The van der Waals surface area contributed by atoms with Gasteiger partial charge in [0.05, 0.1) is 5.69 Å². The van der Waals surface area contributed by atoms with Crippen LogP contribution in [0.5, 0.6) is 0 Å². The maximum Gasteiger partial charge on any atom is 0.191 e. The number of hydrogen-bond acceptors (Lipinski definition) is 2. The molecule has 1 unspecified atom stereocenters. The predicted octanol–water partition coefficient (Wildman–Crippen LogP) is 3.65. The van der Waals surface area contributed by atoms with Crippen LogP contribution in [0.2, 0.25) is 5.02 Å². The molecule has 1 aromatic carbocycles. The number of rotatable bonds is 6. The number of aryl methyl sites for hydroxylation is 2. The average Bonchev–Trinajstić information content (AvgIpc) is 2.82. The Morgan fingerprint density at radius 1 is 1.31 bits per heavy atom. The maximum absolute atomic E-state index is 6.20. The Kier molecular flexibility index (Phi) is 9.43. The van der Waals surface area contributed by atoms with E-state index in [9.17, 15) is 0 Å². The van der Waals surface area contributed by atoms with Gasteiger partial charge in [0.2, 0.25) is 0 Å². The van der Waals surface area contributed by atoms with Crippen molar-refractivity contribution in [1.29, 1.82) is 0 Å². The molecule has 0 aliphatic heterocycles. The van der Waals surface area contributed by atoms with E-state index >= 15 is 0 Å². The zero-order valence-corrected chi connectivity index (χ0v) is 19.2. The van der Waals surface area contributed by atoms with Crippen molar-refractivity contribution in [2.45, 2.75) is 39.7 Å². The largest absolute Gasteiger partial charge is 0.356 e. The van der Waals surface area contributed by atoms with E-state index in [-0.39, 0.29) is 30.0 Å². The van der Waals surface area contributed by atoms with E-state index in [0.717, 1.165) is 41.6 Å².